The van der Waals surface area contributed by atoms with Crippen molar-refractivity contribution in [2.24, 2.45) is 0 Å². The average molecular weight is 489 g/mol. The maximum absolute atomic E-state index is 3.12. The Bertz CT molecular complexity index is 741. The fraction of sp³-hybridized carbons (Fsp3) is 0.160. The fourth-order valence-electron chi connectivity index (χ4n) is 2.41. The van der Waals surface area contributed by atoms with Gasteiger partial charge in [0, 0.05) is 0 Å². The van der Waals surface area contributed by atoms with Crippen molar-refractivity contribution in [2.45, 2.75) is 26.7 Å². The van der Waals surface area contributed by atoms with Crippen LogP contribution in [0.1, 0.15) is 37.8 Å². The first kappa shape index (κ1) is 26.7. The zero-order chi connectivity index (χ0) is 18.6. The van der Waals surface area contributed by atoms with E-state index in [-0.39, 0.29) is 24.8 Å². The van der Waals surface area contributed by atoms with Gasteiger partial charge in [0.15, 0.2) is 0 Å². The summed E-state index contributed by atoms with van der Waals surface area (Å²) in [5.41, 5.74) is 5.21. The Morgan fingerprint density at radius 1 is 0.679 bits per heavy atom. The standard InChI is InChI=1S/C13H10.2C6H7.2ClH.Zr/c1-3-7-12(8-4-1)11-13-9-5-2-6-10-13;2*1-6-4-2-3-5-6;;;/h1-10H;2*2,4H,3H2,1H3;2*1H;/q;2*-1;;;+2. The summed E-state index contributed by atoms with van der Waals surface area (Å²) >= 11 is 1.46. The Morgan fingerprint density at radius 2 is 1.04 bits per heavy atom. The predicted octanol–water partition coefficient (Wildman–Crippen LogP) is 7.04. The second-order valence-corrected chi connectivity index (χ2v) is 7.27. The van der Waals surface area contributed by atoms with Gasteiger partial charge in [0.25, 0.3) is 0 Å². The van der Waals surface area contributed by atoms with Crippen LogP contribution in [0.2, 0.25) is 0 Å². The number of hydrogen-bond donors (Lipinski definition) is 0. The van der Waals surface area contributed by atoms with Crippen molar-refractivity contribution in [1.29, 1.82) is 0 Å². The van der Waals surface area contributed by atoms with Gasteiger partial charge in [0.1, 0.15) is 0 Å². The molecule has 0 atom stereocenters. The third-order valence-electron chi connectivity index (χ3n) is 3.86. The first-order valence-corrected chi connectivity index (χ1v) is 10.1. The quantitative estimate of drug-likeness (QED) is 0.398. The average Bonchev–Trinajstić information content (AvgIpc) is 3.37. The molecule has 2 aromatic rings. The van der Waals surface area contributed by atoms with E-state index in [0.29, 0.717) is 0 Å². The molecule has 0 saturated heterocycles. The maximum atomic E-state index is 3.12. The van der Waals surface area contributed by atoms with Crippen molar-refractivity contribution in [3.05, 3.63) is 119 Å². The summed E-state index contributed by atoms with van der Waals surface area (Å²) in [7, 11) is 0. The van der Waals surface area contributed by atoms with Crippen LogP contribution in [-0.4, -0.2) is 3.21 Å². The van der Waals surface area contributed by atoms with Gasteiger partial charge in [-0.25, -0.2) is 23.3 Å². The predicted molar refractivity (Wildman–Crippen MR) is 123 cm³/mol. The number of hydrogen-bond acceptors (Lipinski definition) is 0. The molecule has 2 aliphatic rings. The summed E-state index contributed by atoms with van der Waals surface area (Å²) < 4.78 is 1.42. The molecule has 0 nitrogen and oxygen atoms in total. The molecule has 0 amide bonds. The number of rotatable bonds is 2. The van der Waals surface area contributed by atoms with Crippen LogP contribution >= 0.6 is 24.8 Å². The number of benzene rings is 2. The van der Waals surface area contributed by atoms with Gasteiger partial charge in [-0.3, -0.25) is 12.2 Å². The molecule has 0 unspecified atom stereocenters. The van der Waals surface area contributed by atoms with Crippen LogP contribution in [0, 0.1) is 12.2 Å². The first-order valence-electron chi connectivity index (χ1n) is 8.84. The van der Waals surface area contributed by atoms with Crippen molar-refractivity contribution >= 4 is 28.0 Å². The van der Waals surface area contributed by atoms with Gasteiger partial charge in [-0.2, -0.15) is 12.2 Å². The van der Waals surface area contributed by atoms with Gasteiger partial charge < -0.3 is 0 Å². The fourth-order valence-corrected chi connectivity index (χ4v) is 3.22. The van der Waals surface area contributed by atoms with Crippen LogP contribution < -0.4 is 0 Å². The second kappa shape index (κ2) is 15.6. The van der Waals surface area contributed by atoms with Gasteiger partial charge in [-0.15, -0.1) is 37.7 Å². The van der Waals surface area contributed by atoms with E-state index in [2.05, 4.69) is 111 Å². The molecular formula is C25H26Cl2Zr. The zero-order valence-electron chi connectivity index (χ0n) is 16.3. The summed E-state index contributed by atoms with van der Waals surface area (Å²) in [6.07, 6.45) is 16.7. The Balaban J connectivity index is 0.000000437. The van der Waals surface area contributed by atoms with Crippen molar-refractivity contribution < 1.29 is 24.2 Å². The van der Waals surface area contributed by atoms with E-state index < -0.39 is 0 Å². The van der Waals surface area contributed by atoms with Crippen LogP contribution in [0.3, 0.4) is 0 Å². The van der Waals surface area contributed by atoms with Crippen molar-refractivity contribution in [3.63, 3.8) is 0 Å². The normalized spacial score (nSPS) is 12.9. The molecule has 2 aromatic carbocycles. The third-order valence-corrected chi connectivity index (χ3v) is 5.28. The van der Waals surface area contributed by atoms with Crippen LogP contribution in [-0.2, 0) is 24.2 Å². The number of halogens is 2. The Labute approximate surface area is 197 Å². The minimum absolute atomic E-state index is 0. The van der Waals surface area contributed by atoms with E-state index in [1.807, 2.05) is 0 Å². The molecule has 0 radical (unpaired) electrons. The Hall–Kier alpha value is -1.27. The van der Waals surface area contributed by atoms with E-state index in [1.54, 1.807) is 0 Å². The molecule has 4 rings (SSSR count). The van der Waals surface area contributed by atoms with E-state index in [9.17, 15) is 0 Å². The summed E-state index contributed by atoms with van der Waals surface area (Å²) in [4.78, 5) is 0. The topological polar surface area (TPSA) is 0 Å². The second-order valence-electron chi connectivity index (χ2n) is 6.04. The SMILES string of the molecule is CC1=[C-]CC=C1.CC1=[C-]CC=C1.Cl.Cl.[Zr+2]=[C](c1ccccc1)c1ccccc1. The third kappa shape index (κ3) is 10.3. The van der Waals surface area contributed by atoms with E-state index in [1.165, 1.54) is 49.7 Å². The van der Waals surface area contributed by atoms with Crippen LogP contribution in [0.5, 0.6) is 0 Å². The monoisotopic (exact) mass is 486 g/mol. The van der Waals surface area contributed by atoms with Gasteiger partial charge >= 0.3 is 99.2 Å². The molecule has 0 fully saturated rings. The number of allylic oxidation sites excluding steroid dienone is 8. The molecule has 28 heavy (non-hydrogen) atoms. The summed E-state index contributed by atoms with van der Waals surface area (Å²) in [6, 6.07) is 21.1. The minimum atomic E-state index is 0. The van der Waals surface area contributed by atoms with Crippen LogP contribution in [0.15, 0.2) is 96.1 Å². The summed E-state index contributed by atoms with van der Waals surface area (Å²) in [6.45, 7) is 4.12. The van der Waals surface area contributed by atoms with Gasteiger partial charge in [-0.05, 0) is 0 Å². The molecule has 0 bridgehead atoms. The van der Waals surface area contributed by atoms with Gasteiger partial charge in [0.2, 0.25) is 0 Å². The molecule has 0 aliphatic heterocycles. The molecule has 0 heterocycles. The zero-order valence-corrected chi connectivity index (χ0v) is 20.4. The van der Waals surface area contributed by atoms with Crippen molar-refractivity contribution in [2.75, 3.05) is 0 Å². The molecule has 0 N–H and O–H groups in total. The van der Waals surface area contributed by atoms with Crippen LogP contribution in [0.25, 0.3) is 0 Å². The van der Waals surface area contributed by atoms with E-state index in [4.69, 9.17) is 0 Å². The molecule has 2 aliphatic carbocycles. The van der Waals surface area contributed by atoms with Crippen molar-refractivity contribution in [1.82, 2.24) is 0 Å². The van der Waals surface area contributed by atoms with Gasteiger partial charge in [0.05, 0.1) is 0 Å². The molecule has 0 saturated carbocycles. The van der Waals surface area contributed by atoms with Crippen LogP contribution in [0.4, 0.5) is 0 Å². The molecule has 0 aromatic heterocycles. The molecule has 144 valence electrons. The summed E-state index contributed by atoms with van der Waals surface area (Å²) in [5, 5.41) is 0. The molecular weight excluding hydrogens is 462 g/mol. The summed E-state index contributed by atoms with van der Waals surface area (Å²) in [5.74, 6) is 0. The van der Waals surface area contributed by atoms with E-state index in [0.717, 1.165) is 12.8 Å². The van der Waals surface area contributed by atoms with Gasteiger partial charge in [-0.1, -0.05) is 13.8 Å². The Morgan fingerprint density at radius 3 is 1.25 bits per heavy atom. The van der Waals surface area contributed by atoms with E-state index >= 15 is 0 Å². The molecule has 0 spiro atoms. The first-order chi connectivity index (χ1) is 12.7. The van der Waals surface area contributed by atoms with Crippen molar-refractivity contribution in [3.8, 4) is 0 Å². The Kier molecular flexibility index (Phi) is 14.9. The molecule has 3 heteroatoms.